The highest BCUT2D eigenvalue weighted by atomic mass is 16.6. The average molecular weight is 835 g/mol. The van der Waals surface area contributed by atoms with Crippen molar-refractivity contribution in [2.24, 2.45) is 11.8 Å². The number of hydrogen-bond acceptors (Lipinski definition) is 6. The first-order valence-corrected chi connectivity index (χ1v) is 26.3. The summed E-state index contributed by atoms with van der Waals surface area (Å²) < 4.78 is 16.7. The highest BCUT2D eigenvalue weighted by Crippen LogP contribution is 2.18. The summed E-state index contributed by atoms with van der Waals surface area (Å²) >= 11 is 0. The molecule has 0 saturated carbocycles. The van der Waals surface area contributed by atoms with Gasteiger partial charge in [-0.05, 0) is 31.1 Å². The van der Waals surface area contributed by atoms with Crippen molar-refractivity contribution in [3.05, 3.63) is 0 Å². The van der Waals surface area contributed by atoms with Gasteiger partial charge in [0.2, 0.25) is 0 Å². The molecule has 0 bridgehead atoms. The molecule has 0 aromatic carbocycles. The van der Waals surface area contributed by atoms with E-state index in [2.05, 4.69) is 34.6 Å². The smallest absolute Gasteiger partial charge is 0.306 e. The van der Waals surface area contributed by atoms with Gasteiger partial charge in [-0.25, -0.2) is 0 Å². The van der Waals surface area contributed by atoms with E-state index in [4.69, 9.17) is 14.2 Å². The summed E-state index contributed by atoms with van der Waals surface area (Å²) in [5.41, 5.74) is 0. The molecular weight excluding hydrogens is 733 g/mol. The minimum absolute atomic E-state index is 0.0648. The third-order valence-corrected chi connectivity index (χ3v) is 12.7. The van der Waals surface area contributed by atoms with Crippen LogP contribution in [0.4, 0.5) is 0 Å². The first-order valence-electron chi connectivity index (χ1n) is 26.3. The van der Waals surface area contributed by atoms with Gasteiger partial charge in [0, 0.05) is 19.3 Å². The maximum atomic E-state index is 12.7. The number of ether oxygens (including phenoxy) is 3. The molecule has 59 heavy (non-hydrogen) atoms. The Kier molecular flexibility index (Phi) is 44.7. The summed E-state index contributed by atoms with van der Waals surface area (Å²) in [6.07, 6.45) is 46.9. The maximum Gasteiger partial charge on any atom is 0.306 e. The quantitative estimate of drug-likeness (QED) is 0.0345. The topological polar surface area (TPSA) is 78.9 Å². The van der Waals surface area contributed by atoms with Crippen LogP contribution in [0.15, 0.2) is 0 Å². The van der Waals surface area contributed by atoms with Gasteiger partial charge in [0.05, 0.1) is 0 Å². The van der Waals surface area contributed by atoms with Crippen molar-refractivity contribution in [2.45, 2.75) is 298 Å². The zero-order chi connectivity index (χ0) is 43.3. The second kappa shape index (κ2) is 45.9. The Morgan fingerprint density at radius 3 is 0.881 bits per heavy atom. The Morgan fingerprint density at radius 1 is 0.339 bits per heavy atom. The number of unbranched alkanes of at least 4 members (excludes halogenated alkanes) is 30. The molecule has 6 nitrogen and oxygen atoms in total. The van der Waals surface area contributed by atoms with E-state index in [1.807, 2.05) is 0 Å². The SMILES string of the molecule is CCCCCCCC(=O)OC[C@H](COC(=O)CCCCCCCCCCCCCCCCCCCCC(C)CC)OC(=O)CCCCCCCCCCCCC(C)CC. The van der Waals surface area contributed by atoms with E-state index in [-0.39, 0.29) is 31.1 Å². The summed E-state index contributed by atoms with van der Waals surface area (Å²) in [6, 6.07) is 0. The molecule has 0 heterocycles. The number of rotatable bonds is 47. The zero-order valence-corrected chi connectivity index (χ0v) is 40.4. The van der Waals surface area contributed by atoms with Crippen LogP contribution in [-0.2, 0) is 28.6 Å². The van der Waals surface area contributed by atoms with Crippen LogP contribution in [0.25, 0.3) is 0 Å². The van der Waals surface area contributed by atoms with Gasteiger partial charge >= 0.3 is 17.9 Å². The lowest BCUT2D eigenvalue weighted by Crippen LogP contribution is -2.30. The lowest BCUT2D eigenvalue weighted by molar-refractivity contribution is -0.167. The molecule has 2 unspecified atom stereocenters. The maximum absolute atomic E-state index is 12.7. The molecule has 350 valence electrons. The van der Waals surface area contributed by atoms with Gasteiger partial charge < -0.3 is 14.2 Å². The molecule has 3 atom stereocenters. The third-order valence-electron chi connectivity index (χ3n) is 12.7. The fraction of sp³-hybridized carbons (Fsp3) is 0.943. The number of carbonyl (C=O) groups is 3. The van der Waals surface area contributed by atoms with Crippen molar-refractivity contribution < 1.29 is 28.6 Å². The van der Waals surface area contributed by atoms with Crippen LogP contribution in [0.5, 0.6) is 0 Å². The molecule has 6 heteroatoms. The second-order valence-electron chi connectivity index (χ2n) is 18.6. The van der Waals surface area contributed by atoms with Crippen LogP contribution in [0.2, 0.25) is 0 Å². The molecule has 0 spiro atoms. The number of hydrogen-bond donors (Lipinski definition) is 0. The van der Waals surface area contributed by atoms with Gasteiger partial charge in [0.1, 0.15) is 13.2 Å². The summed E-state index contributed by atoms with van der Waals surface area (Å²) in [4.78, 5) is 37.6. The predicted octanol–water partition coefficient (Wildman–Crippen LogP) is 16.9. The first-order chi connectivity index (χ1) is 28.8. The van der Waals surface area contributed by atoms with Crippen molar-refractivity contribution in [1.29, 1.82) is 0 Å². The van der Waals surface area contributed by atoms with Gasteiger partial charge in [-0.1, -0.05) is 253 Å². The van der Waals surface area contributed by atoms with Gasteiger partial charge in [0.15, 0.2) is 6.10 Å². The summed E-state index contributed by atoms with van der Waals surface area (Å²) in [6.45, 7) is 11.4. The van der Waals surface area contributed by atoms with Gasteiger partial charge in [-0.3, -0.25) is 14.4 Å². The molecule has 0 aromatic heterocycles. The monoisotopic (exact) mass is 835 g/mol. The van der Waals surface area contributed by atoms with Crippen LogP contribution in [0.3, 0.4) is 0 Å². The molecule has 0 aliphatic heterocycles. The highest BCUT2D eigenvalue weighted by molar-refractivity contribution is 5.71. The summed E-state index contributed by atoms with van der Waals surface area (Å²) in [7, 11) is 0. The van der Waals surface area contributed by atoms with Crippen LogP contribution < -0.4 is 0 Å². The van der Waals surface area contributed by atoms with E-state index < -0.39 is 6.10 Å². The molecule has 0 fully saturated rings. The lowest BCUT2D eigenvalue weighted by atomic mass is 9.99. The molecule has 0 amide bonds. The van der Waals surface area contributed by atoms with E-state index in [0.29, 0.717) is 19.3 Å². The largest absolute Gasteiger partial charge is 0.462 e. The van der Waals surface area contributed by atoms with Crippen molar-refractivity contribution in [3.63, 3.8) is 0 Å². The van der Waals surface area contributed by atoms with E-state index in [1.54, 1.807) is 0 Å². The minimum Gasteiger partial charge on any atom is -0.462 e. The van der Waals surface area contributed by atoms with Gasteiger partial charge in [-0.15, -0.1) is 0 Å². The average Bonchev–Trinajstić information content (AvgIpc) is 3.23. The Morgan fingerprint density at radius 2 is 0.593 bits per heavy atom. The predicted molar refractivity (Wildman–Crippen MR) is 252 cm³/mol. The fourth-order valence-electron chi connectivity index (χ4n) is 7.93. The van der Waals surface area contributed by atoms with E-state index in [9.17, 15) is 14.4 Å². The van der Waals surface area contributed by atoms with Crippen LogP contribution in [0, 0.1) is 11.8 Å². The fourth-order valence-corrected chi connectivity index (χ4v) is 7.93. The first kappa shape index (κ1) is 57.4. The Balaban J connectivity index is 4.06. The van der Waals surface area contributed by atoms with E-state index in [1.165, 1.54) is 173 Å². The molecule has 0 saturated heterocycles. The Labute approximate surface area is 368 Å². The van der Waals surface area contributed by atoms with Crippen molar-refractivity contribution in [2.75, 3.05) is 13.2 Å². The van der Waals surface area contributed by atoms with Crippen LogP contribution >= 0.6 is 0 Å². The highest BCUT2D eigenvalue weighted by Gasteiger charge is 2.19. The Bertz CT molecular complexity index is 904. The number of esters is 3. The molecule has 0 rings (SSSR count). The molecule has 0 aliphatic rings. The van der Waals surface area contributed by atoms with Gasteiger partial charge in [0.25, 0.3) is 0 Å². The van der Waals surface area contributed by atoms with E-state index >= 15 is 0 Å². The van der Waals surface area contributed by atoms with Crippen molar-refractivity contribution in [3.8, 4) is 0 Å². The molecule has 0 aliphatic carbocycles. The van der Waals surface area contributed by atoms with Crippen LogP contribution in [-0.4, -0.2) is 37.2 Å². The lowest BCUT2D eigenvalue weighted by Gasteiger charge is -2.18. The van der Waals surface area contributed by atoms with Crippen molar-refractivity contribution >= 4 is 17.9 Å². The normalized spacial score (nSPS) is 13.0. The number of carbonyl (C=O) groups excluding carboxylic acids is 3. The van der Waals surface area contributed by atoms with Gasteiger partial charge in [-0.2, -0.15) is 0 Å². The minimum atomic E-state index is -0.760. The third kappa shape index (κ3) is 44.3. The zero-order valence-electron chi connectivity index (χ0n) is 40.4. The molecular formula is C53H102O6. The van der Waals surface area contributed by atoms with Crippen LogP contribution in [0.1, 0.15) is 291 Å². The molecule has 0 aromatic rings. The summed E-state index contributed by atoms with van der Waals surface area (Å²) in [5, 5.41) is 0. The van der Waals surface area contributed by atoms with E-state index in [0.717, 1.165) is 76.0 Å². The molecule has 0 N–H and O–H groups in total. The summed E-state index contributed by atoms with van der Waals surface area (Å²) in [5.74, 6) is 0.915. The molecule has 0 radical (unpaired) electrons. The van der Waals surface area contributed by atoms with Crippen molar-refractivity contribution in [1.82, 2.24) is 0 Å². The standard InChI is InChI=1S/C53H102O6/c1-6-9-10-31-38-43-51(54)57-46-50(59-53(56)45-40-35-30-26-22-21-24-28-33-37-42-49(5)8-3)47-58-52(55)44-39-34-29-25-20-18-16-14-12-11-13-15-17-19-23-27-32-36-41-48(4)7-2/h48-50H,6-47H2,1-5H3/t48?,49?,50-/m1/s1. The Hall–Kier alpha value is -1.59. The second-order valence-corrected chi connectivity index (χ2v) is 18.6.